The Morgan fingerprint density at radius 1 is 1.23 bits per heavy atom. The number of hydrogen-bond acceptors (Lipinski definition) is 7. The number of nitrogens with zero attached hydrogens (tertiary/aromatic N) is 4. The molecule has 2 N–H and O–H groups in total. The molecule has 208 valence electrons. The van der Waals surface area contributed by atoms with Gasteiger partial charge in [0.1, 0.15) is 23.9 Å². The van der Waals surface area contributed by atoms with E-state index in [1.54, 1.807) is 28.4 Å². The van der Waals surface area contributed by atoms with Crippen molar-refractivity contribution in [3.8, 4) is 0 Å². The minimum Gasteiger partial charge on any atom is -0.325 e. The minimum atomic E-state index is -4.62. The Labute approximate surface area is 230 Å². The van der Waals surface area contributed by atoms with Gasteiger partial charge in [0.25, 0.3) is 0 Å². The molecule has 0 radical (unpaired) electrons. The van der Waals surface area contributed by atoms with Crippen LogP contribution in [0.5, 0.6) is 0 Å². The van der Waals surface area contributed by atoms with Gasteiger partial charge in [0.2, 0.25) is 5.91 Å². The van der Waals surface area contributed by atoms with E-state index in [9.17, 15) is 31.2 Å². The highest BCUT2D eigenvalue weighted by atomic mass is 32.2. The fourth-order valence-electron chi connectivity index (χ4n) is 4.32. The number of carbonyl (C=O) groups excluding carboxylic acids is 2. The summed E-state index contributed by atoms with van der Waals surface area (Å²) in [6.45, 7) is 0. The maximum absolute atomic E-state index is 14.0. The van der Waals surface area contributed by atoms with Gasteiger partial charge in [-0.25, -0.2) is 27.7 Å². The molecule has 2 aromatic carbocycles. The molecule has 1 unspecified atom stereocenters. The average molecular weight is 591 g/mol. The standard InChI is InChI=1S/C25H21F3N6O4S2/c1-33(19-3-5-23-20(11-19)29-13-39-23)24(35)21(8-14-6-17(27)10-18(28)7-14)31-25(36)32-40(37,38)34-22-4-2-16(26)9-15(22)12-30-34/h2-6,9-13,18,21H,7-8H2,1H3,(H2,31,32,36)/t18?,21-/m0/s1. The van der Waals surface area contributed by atoms with Crippen molar-refractivity contribution in [1.82, 2.24) is 24.2 Å². The normalized spacial score (nSPS) is 16.4. The van der Waals surface area contributed by atoms with Crippen LogP contribution < -0.4 is 14.9 Å². The molecular formula is C25H21F3N6O4S2. The highest BCUT2D eigenvalue weighted by Crippen LogP contribution is 2.27. The lowest BCUT2D eigenvalue weighted by Gasteiger charge is -2.26. The smallest absolute Gasteiger partial charge is 0.325 e. The zero-order valence-electron chi connectivity index (χ0n) is 20.7. The van der Waals surface area contributed by atoms with Gasteiger partial charge in [-0.05, 0) is 55.0 Å². The predicted octanol–water partition coefficient (Wildman–Crippen LogP) is 4.12. The van der Waals surface area contributed by atoms with Crippen molar-refractivity contribution in [1.29, 1.82) is 0 Å². The number of amides is 3. The zero-order valence-corrected chi connectivity index (χ0v) is 22.3. The molecule has 0 aliphatic heterocycles. The molecule has 0 bridgehead atoms. The first-order valence-corrected chi connectivity index (χ1v) is 14.1. The Kier molecular flexibility index (Phi) is 7.33. The number of fused-ring (bicyclic) bond motifs is 2. The molecule has 0 saturated carbocycles. The van der Waals surface area contributed by atoms with Crippen molar-refractivity contribution >= 4 is 60.3 Å². The number of anilines is 1. The highest BCUT2D eigenvalue weighted by Gasteiger charge is 2.30. The van der Waals surface area contributed by atoms with E-state index in [-0.39, 0.29) is 29.3 Å². The monoisotopic (exact) mass is 590 g/mol. The third kappa shape index (κ3) is 5.70. The molecule has 0 spiro atoms. The van der Waals surface area contributed by atoms with E-state index in [0.29, 0.717) is 15.3 Å². The number of alkyl halides is 1. The lowest BCUT2D eigenvalue weighted by molar-refractivity contribution is -0.120. The van der Waals surface area contributed by atoms with Gasteiger partial charge < -0.3 is 10.2 Å². The summed E-state index contributed by atoms with van der Waals surface area (Å²) in [5.74, 6) is -2.10. The van der Waals surface area contributed by atoms with Gasteiger partial charge in [-0.3, -0.25) is 4.79 Å². The van der Waals surface area contributed by atoms with Crippen molar-refractivity contribution in [2.24, 2.45) is 0 Å². The van der Waals surface area contributed by atoms with Crippen LogP contribution in [0.25, 0.3) is 21.1 Å². The highest BCUT2D eigenvalue weighted by molar-refractivity contribution is 7.88. The maximum Gasteiger partial charge on any atom is 0.347 e. The number of aromatic nitrogens is 3. The molecule has 40 heavy (non-hydrogen) atoms. The number of halogens is 3. The summed E-state index contributed by atoms with van der Waals surface area (Å²) in [6.07, 6.45) is 0.865. The van der Waals surface area contributed by atoms with Crippen LogP contribution in [0.4, 0.5) is 23.7 Å². The third-order valence-corrected chi connectivity index (χ3v) is 8.19. The van der Waals surface area contributed by atoms with Gasteiger partial charge in [0.05, 0.1) is 27.4 Å². The topological polar surface area (TPSA) is 126 Å². The predicted molar refractivity (Wildman–Crippen MR) is 144 cm³/mol. The number of hydrogen-bond donors (Lipinski definition) is 2. The second-order valence-electron chi connectivity index (χ2n) is 9.00. The van der Waals surface area contributed by atoms with Crippen molar-refractivity contribution in [2.75, 3.05) is 11.9 Å². The molecule has 2 heterocycles. The molecule has 3 amide bonds. The van der Waals surface area contributed by atoms with Crippen molar-refractivity contribution in [2.45, 2.75) is 25.1 Å². The second kappa shape index (κ2) is 10.7. The van der Waals surface area contributed by atoms with Crippen LogP contribution in [-0.4, -0.2) is 53.8 Å². The lowest BCUT2D eigenvalue weighted by Crippen LogP contribution is -2.52. The van der Waals surface area contributed by atoms with Crippen molar-refractivity contribution in [3.63, 3.8) is 0 Å². The first-order valence-electron chi connectivity index (χ1n) is 11.8. The molecule has 4 aromatic rings. The van der Waals surface area contributed by atoms with E-state index in [0.717, 1.165) is 35.2 Å². The molecule has 2 atom stereocenters. The number of urea groups is 1. The first-order chi connectivity index (χ1) is 19.0. The number of rotatable bonds is 7. The lowest BCUT2D eigenvalue weighted by atomic mass is 9.96. The summed E-state index contributed by atoms with van der Waals surface area (Å²) in [6, 6.07) is 5.71. The SMILES string of the molecule is CN(C(=O)[C@H](CC1=CC(F)=CC(F)C1)NC(=O)NS(=O)(=O)n1ncc2cc(F)ccc21)c1ccc2scnc2c1. The van der Waals surface area contributed by atoms with Gasteiger partial charge in [0.15, 0.2) is 0 Å². The van der Waals surface area contributed by atoms with Crippen LogP contribution in [0.2, 0.25) is 0 Å². The van der Waals surface area contributed by atoms with E-state index < -0.39 is 46.0 Å². The van der Waals surface area contributed by atoms with E-state index >= 15 is 0 Å². The van der Waals surface area contributed by atoms with Crippen LogP contribution >= 0.6 is 11.3 Å². The van der Waals surface area contributed by atoms with Gasteiger partial charge in [-0.15, -0.1) is 15.4 Å². The second-order valence-corrected chi connectivity index (χ2v) is 11.4. The van der Waals surface area contributed by atoms with Crippen molar-refractivity contribution in [3.05, 3.63) is 77.5 Å². The fraction of sp³-hybridized carbons (Fsp3) is 0.200. The minimum absolute atomic E-state index is 0.00935. The number of allylic oxidation sites excluding steroid dienone is 3. The molecular weight excluding hydrogens is 569 g/mol. The summed E-state index contributed by atoms with van der Waals surface area (Å²) >= 11 is 1.41. The quantitative estimate of drug-likeness (QED) is 0.334. The zero-order chi connectivity index (χ0) is 28.6. The third-order valence-electron chi connectivity index (χ3n) is 6.19. The van der Waals surface area contributed by atoms with E-state index in [1.165, 1.54) is 29.4 Å². The van der Waals surface area contributed by atoms with E-state index in [2.05, 4.69) is 15.4 Å². The van der Waals surface area contributed by atoms with Crippen LogP contribution in [0, 0.1) is 5.82 Å². The summed E-state index contributed by atoms with van der Waals surface area (Å²) in [5.41, 5.74) is 2.94. The summed E-state index contributed by atoms with van der Waals surface area (Å²) in [7, 11) is -3.18. The average Bonchev–Trinajstić information content (AvgIpc) is 3.53. The molecule has 5 rings (SSSR count). The number of benzene rings is 2. The van der Waals surface area contributed by atoms with Gasteiger partial charge >= 0.3 is 16.2 Å². The summed E-state index contributed by atoms with van der Waals surface area (Å²) < 4.78 is 70.4. The molecule has 2 aromatic heterocycles. The summed E-state index contributed by atoms with van der Waals surface area (Å²) in [4.78, 5) is 31.8. The Morgan fingerprint density at radius 2 is 2.02 bits per heavy atom. The van der Waals surface area contributed by atoms with Crippen LogP contribution in [0.3, 0.4) is 0 Å². The molecule has 15 heteroatoms. The molecule has 1 aliphatic carbocycles. The Balaban J connectivity index is 1.39. The van der Waals surface area contributed by atoms with Crippen molar-refractivity contribution < 1.29 is 31.2 Å². The van der Waals surface area contributed by atoms with Gasteiger partial charge in [-0.1, -0.05) is 5.57 Å². The maximum atomic E-state index is 14.0. The Morgan fingerprint density at radius 3 is 2.80 bits per heavy atom. The largest absolute Gasteiger partial charge is 0.347 e. The fourth-order valence-corrected chi connectivity index (χ4v) is 5.96. The number of likely N-dealkylation sites (N-methyl/N-ethyl adjacent to an activating group) is 1. The molecule has 1 aliphatic rings. The number of nitrogens with one attached hydrogen (secondary N) is 2. The van der Waals surface area contributed by atoms with Gasteiger partial charge in [0, 0.05) is 24.5 Å². The van der Waals surface area contributed by atoms with Crippen LogP contribution in [-0.2, 0) is 15.0 Å². The number of carbonyl (C=O) groups is 2. The molecule has 0 fully saturated rings. The number of thiazole rings is 1. The first kappa shape index (κ1) is 27.3. The van der Waals surface area contributed by atoms with E-state index in [4.69, 9.17) is 0 Å². The molecule has 0 saturated heterocycles. The van der Waals surface area contributed by atoms with Gasteiger partial charge in [-0.2, -0.15) is 13.5 Å². The van der Waals surface area contributed by atoms with E-state index in [1.807, 2.05) is 0 Å². The summed E-state index contributed by atoms with van der Waals surface area (Å²) in [5, 5.41) is 6.20. The van der Waals surface area contributed by atoms with Crippen LogP contribution in [0.15, 0.2) is 71.7 Å². The Bertz CT molecular complexity index is 1800. The molecule has 10 nitrogen and oxygen atoms in total. The van der Waals surface area contributed by atoms with Crippen LogP contribution in [0.1, 0.15) is 12.8 Å². The Hall–Kier alpha value is -4.24.